The van der Waals surface area contributed by atoms with Crippen LogP contribution in [0, 0.1) is 5.92 Å². The minimum Gasteiger partial charge on any atom is -0.329 e. The van der Waals surface area contributed by atoms with Crippen LogP contribution in [-0.2, 0) is 0 Å². The molecule has 0 radical (unpaired) electrons. The number of nitrogens with zero attached hydrogens (tertiary/aromatic N) is 1. The highest BCUT2D eigenvalue weighted by atomic mass is 15.3. The van der Waals surface area contributed by atoms with Gasteiger partial charge in [-0.3, -0.25) is 0 Å². The van der Waals surface area contributed by atoms with E-state index in [1.807, 2.05) is 0 Å². The zero-order valence-corrected chi connectivity index (χ0v) is 12.6. The first kappa shape index (κ1) is 16.0. The zero-order valence-electron chi connectivity index (χ0n) is 12.6. The second-order valence-corrected chi connectivity index (χ2v) is 6.50. The smallest absolute Gasteiger partial charge is 0.0855 e. The molecule has 0 fully saturated rings. The summed E-state index contributed by atoms with van der Waals surface area (Å²) in [6, 6.07) is 0.797. The fourth-order valence-corrected chi connectivity index (χ4v) is 2.02. The fourth-order valence-electron chi connectivity index (χ4n) is 2.02. The normalized spacial score (nSPS) is 16.1. The molecule has 0 spiro atoms. The van der Waals surface area contributed by atoms with Crippen molar-refractivity contribution in [2.75, 3.05) is 21.1 Å². The van der Waals surface area contributed by atoms with Gasteiger partial charge in [0.25, 0.3) is 0 Å². The van der Waals surface area contributed by atoms with E-state index in [1.54, 1.807) is 0 Å². The third kappa shape index (κ3) is 8.15. The van der Waals surface area contributed by atoms with E-state index in [-0.39, 0.29) is 0 Å². The number of hydrogen-bond acceptors (Lipinski definition) is 0. The molecule has 0 rings (SSSR count). The second kappa shape index (κ2) is 8.11. The van der Waals surface area contributed by atoms with E-state index in [4.69, 9.17) is 0 Å². The van der Waals surface area contributed by atoms with E-state index < -0.39 is 0 Å². The summed E-state index contributed by atoms with van der Waals surface area (Å²) in [5, 5.41) is 0. The van der Waals surface area contributed by atoms with Gasteiger partial charge in [-0.25, -0.2) is 0 Å². The molecule has 0 bridgehead atoms. The lowest BCUT2D eigenvalue weighted by Gasteiger charge is -2.31. The van der Waals surface area contributed by atoms with Gasteiger partial charge in [-0.2, -0.15) is 0 Å². The third-order valence-corrected chi connectivity index (χ3v) is 3.94. The summed E-state index contributed by atoms with van der Waals surface area (Å²) in [6.45, 7) is 7.08. The van der Waals surface area contributed by atoms with Crippen LogP contribution in [0.2, 0.25) is 0 Å². The largest absolute Gasteiger partial charge is 0.329 e. The van der Waals surface area contributed by atoms with Crippen molar-refractivity contribution >= 4 is 0 Å². The molecule has 0 saturated heterocycles. The molecular formula is C15H34N+. The van der Waals surface area contributed by atoms with Crippen molar-refractivity contribution in [3.63, 3.8) is 0 Å². The SMILES string of the molecule is CCCCC(C)CCCCC(C)[N+](C)(C)C. The quantitative estimate of drug-likeness (QED) is 0.403. The van der Waals surface area contributed by atoms with Crippen LogP contribution >= 0.6 is 0 Å². The van der Waals surface area contributed by atoms with E-state index in [1.165, 1.54) is 44.9 Å². The number of quaternary nitrogens is 1. The summed E-state index contributed by atoms with van der Waals surface area (Å²) in [5.74, 6) is 0.944. The molecule has 2 unspecified atom stereocenters. The Kier molecular flexibility index (Phi) is 8.09. The van der Waals surface area contributed by atoms with Gasteiger partial charge in [0.15, 0.2) is 0 Å². The molecule has 2 atom stereocenters. The molecule has 0 amide bonds. The van der Waals surface area contributed by atoms with E-state index in [0.29, 0.717) is 0 Å². The van der Waals surface area contributed by atoms with E-state index >= 15 is 0 Å². The van der Waals surface area contributed by atoms with Crippen molar-refractivity contribution in [1.82, 2.24) is 0 Å². The molecule has 0 aromatic heterocycles. The Morgan fingerprint density at radius 2 is 1.31 bits per heavy atom. The third-order valence-electron chi connectivity index (χ3n) is 3.94. The highest BCUT2D eigenvalue weighted by Crippen LogP contribution is 2.17. The Hall–Kier alpha value is -0.0400. The molecule has 1 nitrogen and oxygen atoms in total. The number of hydrogen-bond donors (Lipinski definition) is 0. The molecule has 0 aliphatic heterocycles. The summed E-state index contributed by atoms with van der Waals surface area (Å²) >= 11 is 0. The molecule has 0 aromatic carbocycles. The van der Waals surface area contributed by atoms with Crippen molar-refractivity contribution in [1.29, 1.82) is 0 Å². The van der Waals surface area contributed by atoms with Gasteiger partial charge < -0.3 is 4.48 Å². The first-order valence-corrected chi connectivity index (χ1v) is 7.19. The minimum absolute atomic E-state index is 0.797. The molecule has 16 heavy (non-hydrogen) atoms. The van der Waals surface area contributed by atoms with Crippen LogP contribution in [0.15, 0.2) is 0 Å². The van der Waals surface area contributed by atoms with Gasteiger partial charge in [0.05, 0.1) is 27.2 Å². The monoisotopic (exact) mass is 228 g/mol. The molecule has 98 valence electrons. The van der Waals surface area contributed by atoms with Crippen molar-refractivity contribution in [2.24, 2.45) is 5.92 Å². The molecule has 0 aliphatic rings. The summed E-state index contributed by atoms with van der Waals surface area (Å²) in [4.78, 5) is 0. The number of rotatable bonds is 9. The van der Waals surface area contributed by atoms with E-state index in [2.05, 4.69) is 41.9 Å². The van der Waals surface area contributed by atoms with Gasteiger partial charge in [-0.1, -0.05) is 46.0 Å². The van der Waals surface area contributed by atoms with Crippen LogP contribution in [0.25, 0.3) is 0 Å². The molecule has 0 saturated carbocycles. The number of unbranched alkanes of at least 4 members (excludes halogenated alkanes) is 2. The van der Waals surface area contributed by atoms with Crippen LogP contribution in [0.1, 0.15) is 65.7 Å². The van der Waals surface area contributed by atoms with Crippen molar-refractivity contribution in [3.8, 4) is 0 Å². The van der Waals surface area contributed by atoms with Crippen LogP contribution in [-0.4, -0.2) is 31.7 Å². The first-order chi connectivity index (χ1) is 7.38. The lowest BCUT2D eigenvalue weighted by molar-refractivity contribution is -0.894. The predicted molar refractivity (Wildman–Crippen MR) is 74.7 cm³/mol. The summed E-state index contributed by atoms with van der Waals surface area (Å²) in [6.07, 6.45) is 9.84. The van der Waals surface area contributed by atoms with Crippen LogP contribution in [0.3, 0.4) is 0 Å². The van der Waals surface area contributed by atoms with Crippen molar-refractivity contribution < 1.29 is 4.48 Å². The maximum atomic E-state index is 2.42. The predicted octanol–water partition coefficient (Wildman–Crippen LogP) is 4.47. The molecule has 0 heterocycles. The van der Waals surface area contributed by atoms with Crippen LogP contribution in [0.4, 0.5) is 0 Å². The average Bonchev–Trinajstić information content (AvgIpc) is 2.19. The topological polar surface area (TPSA) is 0 Å². The summed E-state index contributed by atoms with van der Waals surface area (Å²) in [7, 11) is 6.90. The maximum absolute atomic E-state index is 2.42. The molecule has 0 aliphatic carbocycles. The second-order valence-electron chi connectivity index (χ2n) is 6.50. The molecule has 0 N–H and O–H groups in total. The van der Waals surface area contributed by atoms with Crippen molar-refractivity contribution in [3.05, 3.63) is 0 Å². The van der Waals surface area contributed by atoms with Crippen LogP contribution < -0.4 is 0 Å². The van der Waals surface area contributed by atoms with Crippen LogP contribution in [0.5, 0.6) is 0 Å². The van der Waals surface area contributed by atoms with E-state index in [0.717, 1.165) is 16.4 Å². The lowest BCUT2D eigenvalue weighted by atomic mass is 9.96. The van der Waals surface area contributed by atoms with Gasteiger partial charge in [0, 0.05) is 0 Å². The Bertz CT molecular complexity index is 157. The zero-order chi connectivity index (χ0) is 12.6. The average molecular weight is 228 g/mol. The lowest BCUT2D eigenvalue weighted by Crippen LogP contribution is -2.43. The fraction of sp³-hybridized carbons (Fsp3) is 1.00. The molecule has 1 heteroatoms. The standard InChI is InChI=1S/C15H34N/c1-7-8-11-14(2)12-9-10-13-15(3)16(4,5)6/h14-15H,7-13H2,1-6H3/q+1. The van der Waals surface area contributed by atoms with Gasteiger partial charge in [-0.15, -0.1) is 0 Å². The summed E-state index contributed by atoms with van der Waals surface area (Å²) < 4.78 is 1.10. The Morgan fingerprint density at radius 1 is 0.812 bits per heavy atom. The summed E-state index contributed by atoms with van der Waals surface area (Å²) in [5.41, 5.74) is 0. The minimum atomic E-state index is 0.797. The Labute approximate surface area is 104 Å². The molecular weight excluding hydrogens is 194 g/mol. The first-order valence-electron chi connectivity index (χ1n) is 7.19. The van der Waals surface area contributed by atoms with Gasteiger partial charge in [0.1, 0.15) is 0 Å². The maximum Gasteiger partial charge on any atom is 0.0855 e. The van der Waals surface area contributed by atoms with Gasteiger partial charge in [-0.05, 0) is 25.7 Å². The van der Waals surface area contributed by atoms with Gasteiger partial charge >= 0.3 is 0 Å². The van der Waals surface area contributed by atoms with Gasteiger partial charge in [0.2, 0.25) is 0 Å². The highest BCUT2D eigenvalue weighted by molar-refractivity contribution is 4.56. The molecule has 0 aromatic rings. The Morgan fingerprint density at radius 3 is 1.81 bits per heavy atom. The highest BCUT2D eigenvalue weighted by Gasteiger charge is 2.17. The Balaban J connectivity index is 3.46. The van der Waals surface area contributed by atoms with Crippen molar-refractivity contribution in [2.45, 2.75) is 71.8 Å². The van der Waals surface area contributed by atoms with E-state index in [9.17, 15) is 0 Å².